The minimum absolute atomic E-state index is 0.0858. The monoisotopic (exact) mass is 395 g/mol. The molecule has 3 rings (SSSR count). The minimum Gasteiger partial charge on any atom is -0.306 e. The highest BCUT2D eigenvalue weighted by atomic mass is 35.5. The van der Waals surface area contributed by atoms with Crippen molar-refractivity contribution in [1.82, 2.24) is 14.3 Å². The molecule has 1 atom stereocenters. The summed E-state index contributed by atoms with van der Waals surface area (Å²) < 4.78 is 29.7. The smallest absolute Gasteiger partial charge is 0.244 e. The number of aromatic nitrogens is 2. The molecule has 1 aromatic heterocycles. The molecule has 0 amide bonds. The van der Waals surface area contributed by atoms with Crippen LogP contribution in [0.25, 0.3) is 5.69 Å². The zero-order valence-corrected chi connectivity index (χ0v) is 15.6. The van der Waals surface area contributed by atoms with Crippen molar-refractivity contribution in [3.05, 3.63) is 76.8 Å². The summed E-state index contributed by atoms with van der Waals surface area (Å²) in [5.74, 6) is 0. The molecule has 0 spiro atoms. The predicted molar refractivity (Wildman–Crippen MR) is 98.8 cm³/mol. The van der Waals surface area contributed by atoms with Crippen LogP contribution in [0, 0.1) is 0 Å². The summed E-state index contributed by atoms with van der Waals surface area (Å²) in [6, 6.07) is 11.6. The zero-order chi connectivity index (χ0) is 18.0. The molecule has 0 unspecified atom stereocenters. The largest absolute Gasteiger partial charge is 0.306 e. The van der Waals surface area contributed by atoms with Crippen LogP contribution >= 0.6 is 23.2 Å². The lowest BCUT2D eigenvalue weighted by Gasteiger charge is -2.16. The van der Waals surface area contributed by atoms with Crippen molar-refractivity contribution < 1.29 is 8.42 Å². The third-order valence-electron chi connectivity index (χ3n) is 3.72. The predicted octanol–water partition coefficient (Wildman–Crippen LogP) is 4.22. The van der Waals surface area contributed by atoms with E-state index in [1.165, 1.54) is 12.1 Å². The van der Waals surface area contributed by atoms with Crippen LogP contribution < -0.4 is 4.72 Å². The Bertz CT molecular complexity index is 951. The van der Waals surface area contributed by atoms with Gasteiger partial charge in [-0.1, -0.05) is 41.4 Å². The van der Waals surface area contributed by atoms with Crippen molar-refractivity contribution >= 4 is 33.2 Å². The molecule has 0 radical (unpaired) electrons. The number of imidazole rings is 1. The van der Waals surface area contributed by atoms with Gasteiger partial charge in [0.1, 0.15) is 4.90 Å². The van der Waals surface area contributed by atoms with E-state index in [1.807, 2.05) is 35.0 Å². The second-order valence-corrected chi connectivity index (χ2v) is 7.92. The number of sulfonamides is 1. The van der Waals surface area contributed by atoms with Crippen LogP contribution in [0.1, 0.15) is 18.5 Å². The number of hydrogen-bond acceptors (Lipinski definition) is 3. The molecule has 25 heavy (non-hydrogen) atoms. The average molecular weight is 396 g/mol. The van der Waals surface area contributed by atoms with Crippen molar-refractivity contribution in [3.8, 4) is 5.69 Å². The highest BCUT2D eigenvalue weighted by Gasteiger charge is 2.24. The molecule has 3 aromatic rings. The van der Waals surface area contributed by atoms with Gasteiger partial charge in [-0.2, -0.15) is 0 Å². The summed E-state index contributed by atoms with van der Waals surface area (Å²) in [6.45, 7) is 1.76. The standard InChI is InChI=1S/C17H15Cl2N3O2S/c1-12(13-5-7-14(8-6-13)22-10-9-20-11-22)21-25(23,24)17-15(18)3-2-4-16(17)19/h2-12,21H,1H3/t12-/m1/s1. The summed E-state index contributed by atoms with van der Waals surface area (Å²) in [6.07, 6.45) is 5.22. The zero-order valence-electron chi connectivity index (χ0n) is 13.2. The van der Waals surface area contributed by atoms with Gasteiger partial charge in [-0.15, -0.1) is 0 Å². The van der Waals surface area contributed by atoms with Crippen molar-refractivity contribution in [3.63, 3.8) is 0 Å². The van der Waals surface area contributed by atoms with Gasteiger partial charge < -0.3 is 4.57 Å². The summed E-state index contributed by atoms with van der Waals surface area (Å²) >= 11 is 12.0. The van der Waals surface area contributed by atoms with Gasteiger partial charge in [-0.25, -0.2) is 18.1 Å². The Balaban J connectivity index is 1.83. The second kappa shape index (κ2) is 7.17. The van der Waals surface area contributed by atoms with Crippen LogP contribution in [0.3, 0.4) is 0 Å². The number of nitrogens with one attached hydrogen (secondary N) is 1. The fourth-order valence-corrected chi connectivity index (χ4v) is 4.82. The molecular weight excluding hydrogens is 381 g/mol. The third kappa shape index (κ3) is 3.88. The Hall–Kier alpha value is -1.86. The first kappa shape index (κ1) is 17.9. The fraction of sp³-hybridized carbons (Fsp3) is 0.118. The van der Waals surface area contributed by atoms with Crippen LogP contribution in [0.5, 0.6) is 0 Å². The highest BCUT2D eigenvalue weighted by molar-refractivity contribution is 7.89. The topological polar surface area (TPSA) is 64.0 Å². The van der Waals surface area contributed by atoms with E-state index in [0.29, 0.717) is 0 Å². The molecule has 0 aliphatic carbocycles. The molecule has 0 saturated carbocycles. The number of halogens is 2. The lowest BCUT2D eigenvalue weighted by Crippen LogP contribution is -2.27. The van der Waals surface area contributed by atoms with Gasteiger partial charge in [0.05, 0.1) is 16.4 Å². The normalized spacial score (nSPS) is 12.9. The Morgan fingerprint density at radius 1 is 1.08 bits per heavy atom. The number of nitrogens with zero attached hydrogens (tertiary/aromatic N) is 2. The molecule has 0 aliphatic heterocycles. The molecule has 0 saturated heterocycles. The summed E-state index contributed by atoms with van der Waals surface area (Å²) in [7, 11) is -3.85. The number of benzene rings is 2. The Morgan fingerprint density at radius 2 is 1.72 bits per heavy atom. The first-order valence-electron chi connectivity index (χ1n) is 7.43. The maximum atomic E-state index is 12.6. The van der Waals surface area contributed by atoms with Gasteiger partial charge in [0.15, 0.2) is 0 Å². The maximum absolute atomic E-state index is 12.6. The van der Waals surface area contributed by atoms with E-state index in [9.17, 15) is 8.42 Å². The molecule has 0 bridgehead atoms. The van der Waals surface area contributed by atoms with E-state index in [1.54, 1.807) is 25.5 Å². The third-order valence-corrected chi connectivity index (χ3v) is 6.21. The summed E-state index contributed by atoms with van der Waals surface area (Å²) in [4.78, 5) is 3.89. The molecule has 130 valence electrons. The van der Waals surface area contributed by atoms with Crippen LogP contribution in [-0.2, 0) is 10.0 Å². The van der Waals surface area contributed by atoms with Crippen molar-refractivity contribution in [1.29, 1.82) is 0 Å². The van der Waals surface area contributed by atoms with Gasteiger partial charge in [0.2, 0.25) is 10.0 Å². The molecule has 0 aliphatic rings. The minimum atomic E-state index is -3.85. The van der Waals surface area contributed by atoms with Crippen molar-refractivity contribution in [2.75, 3.05) is 0 Å². The highest BCUT2D eigenvalue weighted by Crippen LogP contribution is 2.30. The summed E-state index contributed by atoms with van der Waals surface area (Å²) in [5, 5.41) is 0.172. The molecular formula is C17H15Cl2N3O2S. The molecule has 2 aromatic carbocycles. The number of rotatable bonds is 5. The molecule has 1 heterocycles. The Morgan fingerprint density at radius 3 is 2.28 bits per heavy atom. The van der Waals surface area contributed by atoms with Crippen LogP contribution in [-0.4, -0.2) is 18.0 Å². The van der Waals surface area contributed by atoms with E-state index < -0.39 is 16.1 Å². The van der Waals surface area contributed by atoms with Gasteiger partial charge in [-0.3, -0.25) is 0 Å². The van der Waals surface area contributed by atoms with E-state index in [0.717, 1.165) is 11.3 Å². The van der Waals surface area contributed by atoms with Crippen molar-refractivity contribution in [2.45, 2.75) is 17.9 Å². The van der Waals surface area contributed by atoms with Crippen LogP contribution in [0.2, 0.25) is 10.0 Å². The first-order chi connectivity index (χ1) is 11.9. The van der Waals surface area contributed by atoms with Gasteiger partial charge in [-0.05, 0) is 36.8 Å². The van der Waals surface area contributed by atoms with Crippen LogP contribution in [0.4, 0.5) is 0 Å². The van der Waals surface area contributed by atoms with Gasteiger partial charge in [0.25, 0.3) is 0 Å². The fourth-order valence-electron chi connectivity index (χ4n) is 2.45. The molecule has 1 N–H and O–H groups in total. The SMILES string of the molecule is C[C@@H](NS(=O)(=O)c1c(Cl)cccc1Cl)c1ccc(-n2ccnc2)cc1. The Kier molecular flexibility index (Phi) is 5.15. The molecule has 0 fully saturated rings. The van der Waals surface area contributed by atoms with Crippen molar-refractivity contribution in [2.24, 2.45) is 0 Å². The second-order valence-electron chi connectivity index (χ2n) is 5.46. The molecule has 5 nitrogen and oxygen atoms in total. The lowest BCUT2D eigenvalue weighted by molar-refractivity contribution is 0.567. The average Bonchev–Trinajstić information content (AvgIpc) is 3.08. The van der Waals surface area contributed by atoms with Gasteiger partial charge in [0, 0.05) is 24.1 Å². The first-order valence-corrected chi connectivity index (χ1v) is 9.67. The quantitative estimate of drug-likeness (QED) is 0.703. The van der Waals surface area contributed by atoms with Crippen LogP contribution in [0.15, 0.2) is 66.1 Å². The Labute approximate surface area is 156 Å². The number of hydrogen-bond donors (Lipinski definition) is 1. The summed E-state index contributed by atoms with van der Waals surface area (Å²) in [5.41, 5.74) is 1.75. The van der Waals surface area contributed by atoms with E-state index in [4.69, 9.17) is 23.2 Å². The maximum Gasteiger partial charge on any atom is 0.244 e. The lowest BCUT2D eigenvalue weighted by atomic mass is 10.1. The van der Waals surface area contributed by atoms with E-state index in [2.05, 4.69) is 9.71 Å². The van der Waals surface area contributed by atoms with E-state index >= 15 is 0 Å². The molecule has 8 heteroatoms. The van der Waals surface area contributed by atoms with Gasteiger partial charge >= 0.3 is 0 Å². The van der Waals surface area contributed by atoms with E-state index in [-0.39, 0.29) is 14.9 Å².